The van der Waals surface area contributed by atoms with Gasteiger partial charge in [-0.2, -0.15) is 22.0 Å². The summed E-state index contributed by atoms with van der Waals surface area (Å²) in [6.07, 6.45) is -4.61. The van der Waals surface area contributed by atoms with Crippen LogP contribution in [0.2, 0.25) is 0 Å². The first-order chi connectivity index (χ1) is 7.27. The van der Waals surface area contributed by atoms with Crippen LogP contribution in [0, 0.1) is 0 Å². The summed E-state index contributed by atoms with van der Waals surface area (Å²) < 4.78 is 63.4. The van der Waals surface area contributed by atoms with Crippen molar-refractivity contribution in [3.63, 3.8) is 0 Å². The zero-order chi connectivity index (χ0) is 12.4. The van der Waals surface area contributed by atoms with Crippen LogP contribution in [-0.2, 0) is 12.1 Å². The van der Waals surface area contributed by atoms with Crippen molar-refractivity contribution >= 4 is 0 Å². The van der Waals surface area contributed by atoms with Gasteiger partial charge in [-0.15, -0.1) is 0 Å². The molecule has 0 unspecified atom stereocenters. The molecule has 1 N–H and O–H groups in total. The second kappa shape index (κ2) is 4.37. The minimum atomic E-state index is -4.61. The molecule has 90 valence electrons. The van der Waals surface area contributed by atoms with E-state index in [2.05, 4.69) is 5.32 Å². The van der Waals surface area contributed by atoms with Crippen molar-refractivity contribution in [2.24, 2.45) is 0 Å². The molecular formula is C10H10F5N. The monoisotopic (exact) mass is 239 g/mol. The van der Waals surface area contributed by atoms with Crippen molar-refractivity contribution in [2.75, 3.05) is 13.6 Å². The van der Waals surface area contributed by atoms with Gasteiger partial charge in [-0.05, 0) is 19.2 Å². The first-order valence-electron chi connectivity index (χ1n) is 4.47. The molecule has 6 heteroatoms. The molecule has 0 heterocycles. The number of alkyl halides is 5. The summed E-state index contributed by atoms with van der Waals surface area (Å²) in [6.45, 7) is -0.700. The summed E-state index contributed by atoms with van der Waals surface area (Å²) in [6, 6.07) is 3.19. The van der Waals surface area contributed by atoms with Gasteiger partial charge in [0.05, 0.1) is 12.1 Å². The van der Waals surface area contributed by atoms with Crippen LogP contribution in [0.4, 0.5) is 22.0 Å². The van der Waals surface area contributed by atoms with E-state index < -0.39 is 29.8 Å². The summed E-state index contributed by atoms with van der Waals surface area (Å²) in [7, 11) is 1.31. The largest absolute Gasteiger partial charge is 0.416 e. The zero-order valence-corrected chi connectivity index (χ0v) is 8.41. The van der Waals surface area contributed by atoms with Crippen molar-refractivity contribution in [1.82, 2.24) is 5.32 Å². The smallest absolute Gasteiger partial charge is 0.314 e. The Morgan fingerprint density at radius 1 is 1.06 bits per heavy atom. The van der Waals surface area contributed by atoms with Crippen LogP contribution in [0.1, 0.15) is 11.1 Å². The van der Waals surface area contributed by atoms with E-state index in [0.29, 0.717) is 6.07 Å². The molecule has 0 aliphatic heterocycles. The summed E-state index contributed by atoms with van der Waals surface area (Å²) in [5.74, 6) is -3.31. The molecule has 0 aliphatic carbocycles. The summed E-state index contributed by atoms with van der Waals surface area (Å²) in [5.41, 5.74) is -1.71. The Hall–Kier alpha value is -1.17. The van der Waals surface area contributed by atoms with E-state index in [1.54, 1.807) is 0 Å². The first-order valence-corrected chi connectivity index (χ1v) is 4.47. The molecule has 1 aromatic carbocycles. The Labute approximate surface area is 89.3 Å². The summed E-state index contributed by atoms with van der Waals surface area (Å²) in [4.78, 5) is 0. The van der Waals surface area contributed by atoms with Crippen LogP contribution in [0.5, 0.6) is 0 Å². The molecule has 0 atom stereocenters. The van der Waals surface area contributed by atoms with Gasteiger partial charge in [0.25, 0.3) is 5.92 Å². The molecule has 0 saturated heterocycles. The number of nitrogens with one attached hydrogen (secondary N) is 1. The van der Waals surface area contributed by atoms with Crippen molar-refractivity contribution in [1.29, 1.82) is 0 Å². The topological polar surface area (TPSA) is 12.0 Å². The van der Waals surface area contributed by atoms with Gasteiger partial charge < -0.3 is 5.32 Å². The van der Waals surface area contributed by atoms with Gasteiger partial charge in [-0.3, -0.25) is 0 Å². The average molecular weight is 239 g/mol. The number of halogens is 5. The molecule has 0 aliphatic rings. The van der Waals surface area contributed by atoms with Crippen LogP contribution in [0.15, 0.2) is 24.3 Å². The lowest BCUT2D eigenvalue weighted by atomic mass is 10.0. The minimum absolute atomic E-state index is 0.470. The maximum absolute atomic E-state index is 13.3. The summed E-state index contributed by atoms with van der Waals surface area (Å²) >= 11 is 0. The molecule has 1 rings (SSSR count). The van der Waals surface area contributed by atoms with Gasteiger partial charge >= 0.3 is 6.18 Å². The lowest BCUT2D eigenvalue weighted by molar-refractivity contribution is -0.137. The van der Waals surface area contributed by atoms with Gasteiger partial charge in [0.1, 0.15) is 0 Å². The molecule has 0 spiro atoms. The fraction of sp³-hybridized carbons (Fsp3) is 0.400. The van der Waals surface area contributed by atoms with Crippen LogP contribution >= 0.6 is 0 Å². The third kappa shape index (κ3) is 2.91. The molecule has 16 heavy (non-hydrogen) atoms. The Kier molecular flexibility index (Phi) is 3.52. The van der Waals surface area contributed by atoms with Gasteiger partial charge in [-0.1, -0.05) is 12.1 Å². The maximum Gasteiger partial charge on any atom is 0.416 e. The van der Waals surface area contributed by atoms with E-state index in [4.69, 9.17) is 0 Å². The molecule has 0 saturated carbocycles. The lowest BCUT2D eigenvalue weighted by Gasteiger charge is -2.17. The molecule has 1 aromatic rings. The fourth-order valence-electron chi connectivity index (χ4n) is 1.25. The highest BCUT2D eigenvalue weighted by atomic mass is 19.4. The molecule has 0 bridgehead atoms. The molecule has 0 radical (unpaired) electrons. The van der Waals surface area contributed by atoms with Crippen LogP contribution < -0.4 is 5.32 Å². The quantitative estimate of drug-likeness (QED) is 0.799. The van der Waals surface area contributed by atoms with Crippen molar-refractivity contribution in [3.8, 4) is 0 Å². The average Bonchev–Trinajstić information content (AvgIpc) is 2.16. The van der Waals surface area contributed by atoms with Crippen LogP contribution in [0.25, 0.3) is 0 Å². The van der Waals surface area contributed by atoms with Crippen LogP contribution in [0.3, 0.4) is 0 Å². The van der Waals surface area contributed by atoms with Gasteiger partial charge in [0.15, 0.2) is 0 Å². The number of likely N-dealkylation sites (N-methyl/N-ethyl adjacent to an activating group) is 1. The molecule has 1 nitrogen and oxygen atoms in total. The fourth-order valence-corrected chi connectivity index (χ4v) is 1.25. The van der Waals surface area contributed by atoms with Gasteiger partial charge in [0.2, 0.25) is 0 Å². The van der Waals surface area contributed by atoms with E-state index in [-0.39, 0.29) is 0 Å². The number of rotatable bonds is 3. The number of benzene rings is 1. The van der Waals surface area contributed by atoms with Gasteiger partial charge in [0, 0.05) is 5.56 Å². The summed E-state index contributed by atoms with van der Waals surface area (Å²) in [5, 5.41) is 2.23. The first kappa shape index (κ1) is 12.9. The van der Waals surface area contributed by atoms with E-state index in [1.165, 1.54) is 7.05 Å². The minimum Gasteiger partial charge on any atom is -0.314 e. The van der Waals surface area contributed by atoms with Gasteiger partial charge in [-0.25, -0.2) is 0 Å². The Balaban J connectivity index is 3.08. The number of hydrogen-bond acceptors (Lipinski definition) is 1. The normalized spacial score (nSPS) is 12.9. The van der Waals surface area contributed by atoms with Crippen LogP contribution in [-0.4, -0.2) is 13.6 Å². The Bertz CT molecular complexity index is 358. The Morgan fingerprint density at radius 2 is 1.62 bits per heavy atom. The lowest BCUT2D eigenvalue weighted by Crippen LogP contribution is -2.28. The highest BCUT2D eigenvalue weighted by Gasteiger charge is 2.35. The molecular weight excluding hydrogens is 229 g/mol. The van der Waals surface area contributed by atoms with E-state index >= 15 is 0 Å². The second-order valence-electron chi connectivity index (χ2n) is 3.31. The predicted octanol–water partition coefficient (Wildman–Crippen LogP) is 3.02. The predicted molar refractivity (Wildman–Crippen MR) is 49.3 cm³/mol. The maximum atomic E-state index is 13.3. The van der Waals surface area contributed by atoms with E-state index in [9.17, 15) is 22.0 Å². The third-order valence-corrected chi connectivity index (χ3v) is 2.01. The van der Waals surface area contributed by atoms with Crippen molar-refractivity contribution in [2.45, 2.75) is 12.1 Å². The van der Waals surface area contributed by atoms with Crippen molar-refractivity contribution in [3.05, 3.63) is 35.4 Å². The highest BCUT2D eigenvalue weighted by Crippen LogP contribution is 2.33. The second-order valence-corrected chi connectivity index (χ2v) is 3.31. The van der Waals surface area contributed by atoms with E-state index in [1.807, 2.05) is 0 Å². The van der Waals surface area contributed by atoms with Crippen molar-refractivity contribution < 1.29 is 22.0 Å². The molecule has 0 fully saturated rings. The highest BCUT2D eigenvalue weighted by molar-refractivity contribution is 5.28. The molecule has 0 amide bonds. The molecule has 0 aromatic heterocycles. The standard InChI is InChI=1S/C10H10F5N/c1-16-6-9(11,12)7-3-2-4-8(5-7)10(13,14)15/h2-5,16H,6H2,1H3. The Morgan fingerprint density at radius 3 is 2.12 bits per heavy atom. The SMILES string of the molecule is CNCC(F)(F)c1cccc(C(F)(F)F)c1. The van der Waals surface area contributed by atoms with E-state index in [0.717, 1.165) is 18.2 Å². The number of hydrogen-bond donors (Lipinski definition) is 1. The third-order valence-electron chi connectivity index (χ3n) is 2.01. The zero-order valence-electron chi connectivity index (χ0n) is 8.41.